The summed E-state index contributed by atoms with van der Waals surface area (Å²) in [6.07, 6.45) is 2.65. The molecule has 2 aromatic heterocycles. The average molecular weight is 420 g/mol. The van der Waals surface area contributed by atoms with Gasteiger partial charge < -0.3 is 15.3 Å². The summed E-state index contributed by atoms with van der Waals surface area (Å²) in [5, 5.41) is 0.481. The van der Waals surface area contributed by atoms with E-state index in [4.69, 9.17) is 15.3 Å². The largest absolute Gasteiger partial charge is 0.497 e. The SMILES string of the molecule is COc1ccc2c(c1)c(C(N)=O)cn2OC(=O)c1cnc(-c2cccc(F)c2)nc1C. The summed E-state index contributed by atoms with van der Waals surface area (Å²) < 4.78 is 19.8. The lowest BCUT2D eigenvalue weighted by molar-refractivity contribution is 0.0479. The van der Waals surface area contributed by atoms with Crippen LogP contribution in [0.3, 0.4) is 0 Å². The molecule has 0 aliphatic carbocycles. The Hall–Kier alpha value is -4.27. The van der Waals surface area contributed by atoms with Gasteiger partial charge in [0.05, 0.1) is 30.1 Å². The van der Waals surface area contributed by atoms with E-state index >= 15 is 0 Å². The van der Waals surface area contributed by atoms with Gasteiger partial charge >= 0.3 is 5.97 Å². The highest BCUT2D eigenvalue weighted by Crippen LogP contribution is 2.26. The molecule has 0 aliphatic rings. The van der Waals surface area contributed by atoms with Crippen molar-refractivity contribution in [1.29, 1.82) is 0 Å². The molecular weight excluding hydrogens is 403 g/mol. The van der Waals surface area contributed by atoms with Crippen LogP contribution in [0, 0.1) is 12.7 Å². The summed E-state index contributed by atoms with van der Waals surface area (Å²) in [5.74, 6) is -1.01. The van der Waals surface area contributed by atoms with Gasteiger partial charge in [-0.3, -0.25) is 4.79 Å². The molecule has 2 N–H and O–H groups in total. The number of nitrogens with two attached hydrogens (primary N) is 1. The van der Waals surface area contributed by atoms with Crippen molar-refractivity contribution in [1.82, 2.24) is 14.7 Å². The van der Waals surface area contributed by atoms with Crippen molar-refractivity contribution < 1.29 is 23.6 Å². The van der Waals surface area contributed by atoms with E-state index in [1.165, 1.54) is 31.6 Å². The molecule has 0 atom stereocenters. The van der Waals surface area contributed by atoms with Crippen LogP contribution < -0.4 is 15.3 Å². The summed E-state index contributed by atoms with van der Waals surface area (Å²) in [4.78, 5) is 38.5. The molecule has 31 heavy (non-hydrogen) atoms. The number of halogens is 1. The Bertz CT molecular complexity index is 1330. The van der Waals surface area contributed by atoms with Crippen molar-refractivity contribution in [2.24, 2.45) is 5.73 Å². The highest BCUT2D eigenvalue weighted by molar-refractivity contribution is 6.06. The molecular formula is C22H17FN4O4. The fourth-order valence-corrected chi connectivity index (χ4v) is 3.15. The Morgan fingerprint density at radius 1 is 1.13 bits per heavy atom. The molecule has 4 rings (SSSR count). The van der Waals surface area contributed by atoms with Crippen molar-refractivity contribution in [2.75, 3.05) is 7.11 Å². The quantitative estimate of drug-likeness (QED) is 0.532. The zero-order chi connectivity index (χ0) is 22.1. The zero-order valence-electron chi connectivity index (χ0n) is 16.6. The molecule has 0 bridgehead atoms. The van der Waals surface area contributed by atoms with E-state index in [-0.39, 0.29) is 17.0 Å². The number of benzene rings is 2. The van der Waals surface area contributed by atoms with E-state index in [0.29, 0.717) is 27.9 Å². The Labute approximate surface area is 176 Å². The molecule has 4 aromatic rings. The summed E-state index contributed by atoms with van der Waals surface area (Å²) >= 11 is 0. The number of carbonyl (C=O) groups is 2. The number of fused-ring (bicyclic) bond motifs is 1. The first-order valence-corrected chi connectivity index (χ1v) is 9.18. The molecule has 0 saturated heterocycles. The normalized spacial score (nSPS) is 10.8. The third-order valence-corrected chi connectivity index (χ3v) is 4.71. The first kappa shape index (κ1) is 20.0. The first-order chi connectivity index (χ1) is 14.9. The molecule has 0 radical (unpaired) electrons. The van der Waals surface area contributed by atoms with E-state index in [1.807, 2.05) is 0 Å². The predicted molar refractivity (Wildman–Crippen MR) is 110 cm³/mol. The Balaban J connectivity index is 1.67. The number of carbonyl (C=O) groups excluding carboxylic acids is 2. The van der Waals surface area contributed by atoms with E-state index in [1.54, 1.807) is 37.3 Å². The van der Waals surface area contributed by atoms with Crippen molar-refractivity contribution in [3.05, 3.63) is 77.5 Å². The Morgan fingerprint density at radius 3 is 2.61 bits per heavy atom. The van der Waals surface area contributed by atoms with Crippen molar-refractivity contribution in [3.8, 4) is 17.1 Å². The van der Waals surface area contributed by atoms with Crippen LogP contribution >= 0.6 is 0 Å². The number of ether oxygens (including phenoxy) is 1. The lowest BCUT2D eigenvalue weighted by Crippen LogP contribution is -2.21. The van der Waals surface area contributed by atoms with E-state index in [2.05, 4.69) is 9.97 Å². The minimum absolute atomic E-state index is 0.121. The topological polar surface area (TPSA) is 109 Å². The summed E-state index contributed by atoms with van der Waals surface area (Å²) in [6.45, 7) is 1.62. The molecule has 9 heteroatoms. The smallest absolute Gasteiger partial charge is 0.366 e. The van der Waals surface area contributed by atoms with E-state index < -0.39 is 17.7 Å². The molecule has 156 valence electrons. The minimum Gasteiger partial charge on any atom is -0.497 e. The second-order valence-electron chi connectivity index (χ2n) is 6.70. The Morgan fingerprint density at radius 2 is 1.94 bits per heavy atom. The molecule has 0 aliphatic heterocycles. The molecule has 0 fully saturated rings. The fourth-order valence-electron chi connectivity index (χ4n) is 3.15. The maximum absolute atomic E-state index is 13.5. The minimum atomic E-state index is -0.730. The van der Waals surface area contributed by atoms with Crippen LogP contribution in [0.4, 0.5) is 4.39 Å². The lowest BCUT2D eigenvalue weighted by atomic mass is 10.1. The van der Waals surface area contributed by atoms with Crippen LogP contribution in [-0.4, -0.2) is 33.7 Å². The predicted octanol–water partition coefficient (Wildman–Crippen LogP) is 2.92. The summed E-state index contributed by atoms with van der Waals surface area (Å²) in [7, 11) is 1.50. The molecule has 0 spiro atoms. The maximum atomic E-state index is 13.5. The van der Waals surface area contributed by atoms with Gasteiger partial charge in [0.2, 0.25) is 0 Å². The lowest BCUT2D eigenvalue weighted by Gasteiger charge is -2.09. The van der Waals surface area contributed by atoms with E-state index in [9.17, 15) is 14.0 Å². The van der Waals surface area contributed by atoms with Crippen LogP contribution in [0.1, 0.15) is 26.4 Å². The molecule has 1 amide bonds. The van der Waals surface area contributed by atoms with Gasteiger partial charge in [0.25, 0.3) is 5.91 Å². The number of methoxy groups -OCH3 is 1. The summed E-state index contributed by atoms with van der Waals surface area (Å²) in [5.41, 5.74) is 7.05. The van der Waals surface area contributed by atoms with Crippen molar-refractivity contribution in [3.63, 3.8) is 0 Å². The van der Waals surface area contributed by atoms with Crippen LogP contribution in [0.2, 0.25) is 0 Å². The number of nitrogens with zero attached hydrogens (tertiary/aromatic N) is 3. The number of primary amides is 1. The van der Waals surface area contributed by atoms with Crippen LogP contribution in [0.5, 0.6) is 5.75 Å². The zero-order valence-corrected chi connectivity index (χ0v) is 16.6. The van der Waals surface area contributed by atoms with Gasteiger partial charge in [-0.15, -0.1) is 0 Å². The van der Waals surface area contributed by atoms with E-state index in [0.717, 1.165) is 4.73 Å². The van der Waals surface area contributed by atoms with Crippen molar-refractivity contribution in [2.45, 2.75) is 6.92 Å². The molecule has 2 heterocycles. The number of hydrogen-bond acceptors (Lipinski definition) is 6. The van der Waals surface area contributed by atoms with Crippen LogP contribution in [0.25, 0.3) is 22.3 Å². The standard InChI is InChI=1S/C22H17FN4O4/c1-12-17(10-25-21(26-12)13-4-3-5-14(23)8-13)22(29)31-27-11-18(20(24)28)16-9-15(30-2)6-7-19(16)27/h3-11H,1-2H3,(H2,24,28). The number of hydrogen-bond donors (Lipinski definition) is 1. The van der Waals surface area contributed by atoms with Gasteiger partial charge in [-0.1, -0.05) is 12.1 Å². The fraction of sp³-hybridized carbons (Fsp3) is 0.0909. The highest BCUT2D eigenvalue weighted by Gasteiger charge is 2.19. The van der Waals surface area contributed by atoms with Gasteiger partial charge in [0.15, 0.2) is 5.82 Å². The number of amides is 1. The third-order valence-electron chi connectivity index (χ3n) is 4.71. The van der Waals surface area contributed by atoms with Crippen LogP contribution in [0.15, 0.2) is 54.9 Å². The van der Waals surface area contributed by atoms with Gasteiger partial charge in [-0.25, -0.2) is 19.2 Å². The molecule has 8 nitrogen and oxygen atoms in total. The van der Waals surface area contributed by atoms with Gasteiger partial charge in [0.1, 0.15) is 17.1 Å². The Kier molecular flexibility index (Phi) is 5.08. The molecule has 2 aromatic carbocycles. The highest BCUT2D eigenvalue weighted by atomic mass is 19.1. The van der Waals surface area contributed by atoms with Gasteiger partial charge in [0, 0.05) is 17.1 Å². The van der Waals surface area contributed by atoms with Gasteiger partial charge in [-0.2, -0.15) is 4.73 Å². The first-order valence-electron chi connectivity index (χ1n) is 9.18. The number of rotatable bonds is 5. The van der Waals surface area contributed by atoms with Gasteiger partial charge in [-0.05, 0) is 37.3 Å². The monoisotopic (exact) mass is 420 g/mol. The summed E-state index contributed by atoms with van der Waals surface area (Å²) in [6, 6.07) is 10.8. The molecule has 0 saturated carbocycles. The number of aromatic nitrogens is 3. The number of aryl methyl sites for hydroxylation is 1. The second kappa shape index (κ2) is 7.86. The third kappa shape index (κ3) is 3.80. The average Bonchev–Trinajstić information content (AvgIpc) is 3.11. The van der Waals surface area contributed by atoms with Crippen molar-refractivity contribution >= 4 is 22.8 Å². The van der Waals surface area contributed by atoms with Crippen LogP contribution in [-0.2, 0) is 0 Å². The molecule has 0 unspecified atom stereocenters. The second-order valence-corrected chi connectivity index (χ2v) is 6.70. The maximum Gasteiger partial charge on any atom is 0.366 e.